The summed E-state index contributed by atoms with van der Waals surface area (Å²) >= 11 is 0. The smallest absolute Gasteiger partial charge is 0.243 e. The Morgan fingerprint density at radius 3 is 2.23 bits per heavy atom. The van der Waals surface area contributed by atoms with Gasteiger partial charge < -0.3 is 20.3 Å². The highest BCUT2D eigenvalue weighted by Crippen LogP contribution is 2.21. The van der Waals surface area contributed by atoms with Crippen LogP contribution in [0.15, 0.2) is 54.6 Å². The maximum atomic E-state index is 13.6. The number of ketones is 1. The molecule has 0 heterocycles. The summed E-state index contributed by atoms with van der Waals surface area (Å²) < 4.78 is 6.26. The van der Waals surface area contributed by atoms with E-state index in [4.69, 9.17) is 4.74 Å². The summed E-state index contributed by atoms with van der Waals surface area (Å²) in [6, 6.07) is 15.8. The van der Waals surface area contributed by atoms with E-state index in [9.17, 15) is 14.4 Å². The van der Waals surface area contributed by atoms with Gasteiger partial charge in [0, 0.05) is 13.6 Å². The van der Waals surface area contributed by atoms with Crippen molar-refractivity contribution in [3.8, 4) is 5.75 Å². The molecule has 0 saturated heterocycles. The lowest BCUT2D eigenvalue weighted by molar-refractivity contribution is -0.141. The zero-order valence-corrected chi connectivity index (χ0v) is 25.4. The van der Waals surface area contributed by atoms with Gasteiger partial charge in [0.1, 0.15) is 17.9 Å². The first-order chi connectivity index (χ1) is 19.1. The molecule has 7 heteroatoms. The average molecular weight is 552 g/mol. The SMILES string of the molecule is CCCCc1ccccc1O[C@H](C)CN[C@H](C(=O)N(C)[C@H](C)C(=O)N[C@H](Cc1ccccc1)C(C)=O)C(C)CC. The normalized spacial score (nSPS) is 14.9. The van der Waals surface area contributed by atoms with Gasteiger partial charge in [-0.15, -0.1) is 0 Å². The van der Waals surface area contributed by atoms with Gasteiger partial charge in [0.2, 0.25) is 11.8 Å². The minimum atomic E-state index is -0.738. The second-order valence-electron chi connectivity index (χ2n) is 10.9. The van der Waals surface area contributed by atoms with Crippen molar-refractivity contribution in [3.63, 3.8) is 0 Å². The van der Waals surface area contributed by atoms with Crippen molar-refractivity contribution in [2.24, 2.45) is 5.92 Å². The Morgan fingerprint density at radius 2 is 1.60 bits per heavy atom. The van der Waals surface area contributed by atoms with Crippen LogP contribution >= 0.6 is 0 Å². The number of unbranched alkanes of at least 4 members (excludes halogenated alkanes) is 1. The predicted octanol–water partition coefficient (Wildman–Crippen LogP) is 4.96. The number of likely N-dealkylation sites (N-methyl/N-ethyl adjacent to an activating group) is 1. The van der Waals surface area contributed by atoms with Crippen molar-refractivity contribution in [2.45, 2.75) is 97.9 Å². The monoisotopic (exact) mass is 551 g/mol. The Balaban J connectivity index is 2.03. The van der Waals surface area contributed by atoms with Gasteiger partial charge in [-0.25, -0.2) is 0 Å². The molecule has 1 unspecified atom stereocenters. The molecule has 0 aromatic heterocycles. The van der Waals surface area contributed by atoms with E-state index in [1.165, 1.54) is 17.4 Å². The van der Waals surface area contributed by atoms with Crippen molar-refractivity contribution >= 4 is 17.6 Å². The fourth-order valence-electron chi connectivity index (χ4n) is 4.54. The van der Waals surface area contributed by atoms with Crippen molar-refractivity contribution in [1.29, 1.82) is 0 Å². The molecule has 0 aliphatic heterocycles. The molecule has 7 nitrogen and oxygen atoms in total. The van der Waals surface area contributed by atoms with Gasteiger partial charge in [-0.3, -0.25) is 14.4 Å². The van der Waals surface area contributed by atoms with E-state index in [1.807, 2.05) is 69.3 Å². The molecule has 0 aliphatic rings. The summed E-state index contributed by atoms with van der Waals surface area (Å²) in [5.74, 6) is 0.306. The van der Waals surface area contributed by atoms with E-state index in [1.54, 1.807) is 14.0 Å². The van der Waals surface area contributed by atoms with Gasteiger partial charge in [-0.2, -0.15) is 0 Å². The van der Waals surface area contributed by atoms with E-state index in [0.29, 0.717) is 13.0 Å². The van der Waals surface area contributed by atoms with E-state index in [0.717, 1.165) is 37.0 Å². The second kappa shape index (κ2) is 16.8. The third-order valence-corrected chi connectivity index (χ3v) is 7.60. The quantitative estimate of drug-likeness (QED) is 0.290. The molecule has 0 bridgehead atoms. The van der Waals surface area contributed by atoms with Gasteiger partial charge in [-0.05, 0) is 63.1 Å². The minimum absolute atomic E-state index is 0.0531. The highest BCUT2D eigenvalue weighted by Gasteiger charge is 2.32. The molecule has 0 fully saturated rings. The van der Waals surface area contributed by atoms with Crippen LogP contribution in [0.2, 0.25) is 0 Å². The molecule has 2 rings (SSSR count). The van der Waals surface area contributed by atoms with Gasteiger partial charge in [-0.1, -0.05) is 82.1 Å². The largest absolute Gasteiger partial charge is 0.489 e. The highest BCUT2D eigenvalue weighted by molar-refractivity contribution is 5.93. The van der Waals surface area contributed by atoms with E-state index < -0.39 is 18.1 Å². The predicted molar refractivity (Wildman–Crippen MR) is 161 cm³/mol. The molecule has 2 aromatic carbocycles. The number of carbonyl (C=O) groups excluding carboxylic acids is 3. The summed E-state index contributed by atoms with van der Waals surface area (Å²) in [5.41, 5.74) is 2.16. The number of hydrogen-bond donors (Lipinski definition) is 2. The number of aryl methyl sites for hydroxylation is 1. The standard InChI is InChI=1S/C33H49N3O4/c1-8-10-18-28-19-14-15-20-30(28)40-24(4)22-34-31(23(3)9-2)33(39)36(7)25(5)32(38)35-29(26(6)37)21-27-16-12-11-13-17-27/h11-17,19-20,23-25,29,31,34H,8-10,18,21-22H2,1-7H3,(H,35,38)/t23?,24-,25-,29-,31+/m1/s1. The Labute approximate surface area is 241 Å². The van der Waals surface area contributed by atoms with Crippen LogP contribution in [-0.2, 0) is 27.2 Å². The number of amides is 2. The lowest BCUT2D eigenvalue weighted by Gasteiger charge is -2.32. The maximum absolute atomic E-state index is 13.6. The minimum Gasteiger partial charge on any atom is -0.489 e. The lowest BCUT2D eigenvalue weighted by Crippen LogP contribution is -2.56. The topological polar surface area (TPSA) is 87.7 Å². The average Bonchev–Trinajstić information content (AvgIpc) is 2.95. The maximum Gasteiger partial charge on any atom is 0.243 e. The van der Waals surface area contributed by atoms with Crippen LogP contribution < -0.4 is 15.4 Å². The fraction of sp³-hybridized carbons (Fsp3) is 0.545. The number of carbonyl (C=O) groups is 3. The molecule has 0 radical (unpaired) electrons. The van der Waals surface area contributed by atoms with Crippen LogP contribution in [-0.4, -0.2) is 60.3 Å². The Hall–Kier alpha value is -3.19. The van der Waals surface area contributed by atoms with Crippen molar-refractivity contribution in [2.75, 3.05) is 13.6 Å². The zero-order chi connectivity index (χ0) is 29.7. The molecule has 0 spiro atoms. The van der Waals surface area contributed by atoms with Crippen LogP contribution in [0.1, 0.15) is 71.9 Å². The molecule has 2 amide bonds. The second-order valence-corrected chi connectivity index (χ2v) is 10.9. The van der Waals surface area contributed by atoms with Crippen LogP contribution in [0, 0.1) is 5.92 Å². The Bertz CT molecular complexity index is 1070. The van der Waals surface area contributed by atoms with Crippen LogP contribution in [0.4, 0.5) is 0 Å². The summed E-state index contributed by atoms with van der Waals surface area (Å²) in [7, 11) is 1.65. The summed E-state index contributed by atoms with van der Waals surface area (Å²) in [6.45, 7) is 11.9. The Morgan fingerprint density at radius 1 is 0.950 bits per heavy atom. The molecular weight excluding hydrogens is 502 g/mol. The lowest BCUT2D eigenvalue weighted by atomic mass is 9.97. The number of rotatable bonds is 17. The molecule has 5 atom stereocenters. The summed E-state index contributed by atoms with van der Waals surface area (Å²) in [5, 5.41) is 6.27. The van der Waals surface area contributed by atoms with E-state index in [2.05, 4.69) is 23.6 Å². The number of para-hydroxylation sites is 1. The molecule has 2 aromatic rings. The number of nitrogens with zero attached hydrogens (tertiary/aromatic N) is 1. The first-order valence-corrected chi connectivity index (χ1v) is 14.7. The molecule has 40 heavy (non-hydrogen) atoms. The van der Waals surface area contributed by atoms with Gasteiger partial charge in [0.05, 0.1) is 12.1 Å². The van der Waals surface area contributed by atoms with E-state index in [-0.39, 0.29) is 29.6 Å². The number of nitrogens with one attached hydrogen (secondary N) is 2. The number of ether oxygens (including phenoxy) is 1. The Kier molecular flexibility index (Phi) is 13.9. The van der Waals surface area contributed by atoms with Crippen molar-refractivity contribution in [1.82, 2.24) is 15.5 Å². The number of benzene rings is 2. The summed E-state index contributed by atoms with van der Waals surface area (Å²) in [6.07, 6.45) is 4.26. The summed E-state index contributed by atoms with van der Waals surface area (Å²) in [4.78, 5) is 40.5. The van der Waals surface area contributed by atoms with E-state index >= 15 is 0 Å². The highest BCUT2D eigenvalue weighted by atomic mass is 16.5. The first-order valence-electron chi connectivity index (χ1n) is 14.7. The molecule has 220 valence electrons. The van der Waals surface area contributed by atoms with Gasteiger partial charge in [0.25, 0.3) is 0 Å². The molecule has 0 saturated carbocycles. The van der Waals surface area contributed by atoms with Gasteiger partial charge in [0.15, 0.2) is 5.78 Å². The first kappa shape index (κ1) is 33.0. The van der Waals surface area contributed by atoms with Crippen molar-refractivity contribution < 1.29 is 19.1 Å². The molecule has 0 aliphatic carbocycles. The third kappa shape index (κ3) is 10.1. The molecular formula is C33H49N3O4. The van der Waals surface area contributed by atoms with Crippen LogP contribution in [0.25, 0.3) is 0 Å². The number of hydrogen-bond acceptors (Lipinski definition) is 5. The van der Waals surface area contributed by atoms with Crippen LogP contribution in [0.5, 0.6) is 5.75 Å². The van der Waals surface area contributed by atoms with Crippen molar-refractivity contribution in [3.05, 3.63) is 65.7 Å². The van der Waals surface area contributed by atoms with Crippen LogP contribution in [0.3, 0.4) is 0 Å². The number of Topliss-reactive ketones (excluding diaryl/α,β-unsaturated/α-hetero) is 1. The van der Waals surface area contributed by atoms with Gasteiger partial charge >= 0.3 is 0 Å². The fourth-order valence-corrected chi connectivity index (χ4v) is 4.54. The molecule has 2 N–H and O–H groups in total. The zero-order valence-electron chi connectivity index (χ0n) is 25.4. The third-order valence-electron chi connectivity index (χ3n) is 7.60.